The molecule has 1 aliphatic rings. The molecule has 0 aromatic carbocycles. The number of amides is 1. The normalized spacial score (nSPS) is 22.2. The van der Waals surface area contributed by atoms with Crippen LogP contribution in [0.25, 0.3) is 0 Å². The first-order chi connectivity index (χ1) is 6.29. The number of nitrogens with one attached hydrogen (secondary N) is 1. The van der Waals surface area contributed by atoms with E-state index in [1.54, 1.807) is 4.90 Å². The van der Waals surface area contributed by atoms with Crippen molar-refractivity contribution in [2.24, 2.45) is 5.73 Å². The first-order valence-corrected chi connectivity index (χ1v) is 4.08. The minimum absolute atomic E-state index is 0.269. The van der Waals surface area contributed by atoms with Gasteiger partial charge in [-0.3, -0.25) is 4.79 Å². The van der Waals surface area contributed by atoms with Gasteiger partial charge in [-0.25, -0.2) is 5.10 Å². The van der Waals surface area contributed by atoms with Gasteiger partial charge in [0.15, 0.2) is 0 Å². The van der Waals surface area contributed by atoms with Crippen molar-refractivity contribution in [3.05, 3.63) is 0 Å². The molecular formula is C6H10N6O. The van der Waals surface area contributed by atoms with Crippen LogP contribution < -0.4 is 10.6 Å². The van der Waals surface area contributed by atoms with Crippen LogP contribution in [-0.4, -0.2) is 39.1 Å². The molecule has 0 radical (unpaired) electrons. The lowest BCUT2D eigenvalue weighted by Gasteiger charge is -2.19. The van der Waals surface area contributed by atoms with Gasteiger partial charge in [0.25, 0.3) is 0 Å². The van der Waals surface area contributed by atoms with Crippen LogP contribution in [0.15, 0.2) is 0 Å². The summed E-state index contributed by atoms with van der Waals surface area (Å²) < 4.78 is 0. The van der Waals surface area contributed by atoms with E-state index in [9.17, 15) is 4.79 Å². The van der Waals surface area contributed by atoms with E-state index in [4.69, 9.17) is 5.73 Å². The standard InChI is InChI=1S/C6H10N6O/c7-5(13)4-2-1-3-12(4)6-8-10-11-9-6/h4H,1-3H2,(H2,7,13)(H,8,9,10,11)/t4-/m0/s1. The van der Waals surface area contributed by atoms with E-state index in [1.165, 1.54) is 0 Å². The molecule has 13 heavy (non-hydrogen) atoms. The number of nitrogens with two attached hydrogens (primary N) is 1. The number of aromatic nitrogens is 4. The number of H-pyrrole nitrogens is 1. The molecule has 70 valence electrons. The minimum atomic E-state index is -0.325. The van der Waals surface area contributed by atoms with Gasteiger partial charge in [-0.2, -0.15) is 0 Å². The molecule has 1 atom stereocenters. The molecule has 1 fully saturated rings. The Kier molecular flexibility index (Phi) is 1.84. The minimum Gasteiger partial charge on any atom is -0.368 e. The van der Waals surface area contributed by atoms with E-state index in [0.29, 0.717) is 5.95 Å². The van der Waals surface area contributed by atoms with Gasteiger partial charge in [0.2, 0.25) is 11.9 Å². The van der Waals surface area contributed by atoms with E-state index in [1.807, 2.05) is 0 Å². The molecule has 1 aromatic heterocycles. The van der Waals surface area contributed by atoms with E-state index < -0.39 is 0 Å². The van der Waals surface area contributed by atoms with E-state index in [0.717, 1.165) is 19.4 Å². The zero-order valence-corrected chi connectivity index (χ0v) is 6.97. The molecule has 0 unspecified atom stereocenters. The highest BCUT2D eigenvalue weighted by molar-refractivity contribution is 5.83. The van der Waals surface area contributed by atoms with Crippen molar-refractivity contribution in [2.75, 3.05) is 11.4 Å². The Balaban J connectivity index is 2.19. The molecular weight excluding hydrogens is 172 g/mol. The number of aromatic amines is 1. The van der Waals surface area contributed by atoms with Crippen LogP contribution in [0, 0.1) is 0 Å². The third-order valence-electron chi connectivity index (χ3n) is 2.19. The number of rotatable bonds is 2. The van der Waals surface area contributed by atoms with Gasteiger partial charge in [-0.05, 0) is 23.3 Å². The number of carbonyl (C=O) groups is 1. The van der Waals surface area contributed by atoms with Gasteiger partial charge in [0.05, 0.1) is 0 Å². The molecule has 1 amide bonds. The zero-order valence-electron chi connectivity index (χ0n) is 6.97. The lowest BCUT2D eigenvalue weighted by atomic mass is 10.2. The van der Waals surface area contributed by atoms with Gasteiger partial charge in [0, 0.05) is 6.54 Å². The summed E-state index contributed by atoms with van der Waals surface area (Å²) >= 11 is 0. The summed E-state index contributed by atoms with van der Waals surface area (Å²) in [5.41, 5.74) is 5.23. The van der Waals surface area contributed by atoms with E-state index in [-0.39, 0.29) is 11.9 Å². The molecule has 7 heteroatoms. The quantitative estimate of drug-likeness (QED) is 0.589. The van der Waals surface area contributed by atoms with Gasteiger partial charge in [0.1, 0.15) is 6.04 Å². The fourth-order valence-corrected chi connectivity index (χ4v) is 1.59. The third-order valence-corrected chi connectivity index (χ3v) is 2.19. The monoisotopic (exact) mass is 182 g/mol. The fraction of sp³-hybridized carbons (Fsp3) is 0.667. The lowest BCUT2D eigenvalue weighted by molar-refractivity contribution is -0.119. The topological polar surface area (TPSA) is 101 Å². The molecule has 0 aliphatic carbocycles. The number of nitrogens with zero attached hydrogens (tertiary/aromatic N) is 4. The maximum atomic E-state index is 11.0. The number of hydrogen-bond acceptors (Lipinski definition) is 5. The highest BCUT2D eigenvalue weighted by Gasteiger charge is 2.30. The van der Waals surface area contributed by atoms with Crippen molar-refractivity contribution in [3.8, 4) is 0 Å². The molecule has 7 nitrogen and oxygen atoms in total. The molecule has 2 heterocycles. The van der Waals surface area contributed by atoms with Crippen molar-refractivity contribution in [2.45, 2.75) is 18.9 Å². The summed E-state index contributed by atoms with van der Waals surface area (Å²) in [6.45, 7) is 0.768. The second kappa shape index (κ2) is 3.00. The van der Waals surface area contributed by atoms with Gasteiger partial charge >= 0.3 is 0 Å². The Morgan fingerprint density at radius 2 is 2.54 bits per heavy atom. The Labute approximate surface area is 74.3 Å². The summed E-state index contributed by atoms with van der Waals surface area (Å²) in [6.07, 6.45) is 1.71. The highest BCUT2D eigenvalue weighted by Crippen LogP contribution is 2.20. The van der Waals surface area contributed by atoms with Gasteiger partial charge in [-0.1, -0.05) is 5.10 Å². The Bertz CT molecular complexity index is 296. The van der Waals surface area contributed by atoms with Crippen LogP contribution in [-0.2, 0) is 4.79 Å². The second-order valence-corrected chi connectivity index (χ2v) is 2.98. The maximum Gasteiger partial charge on any atom is 0.243 e. The first-order valence-electron chi connectivity index (χ1n) is 4.08. The predicted molar refractivity (Wildman–Crippen MR) is 43.7 cm³/mol. The molecule has 1 aliphatic heterocycles. The number of tetrazole rings is 1. The summed E-state index contributed by atoms with van der Waals surface area (Å²) in [7, 11) is 0. The van der Waals surface area contributed by atoms with Crippen LogP contribution in [0.4, 0.5) is 5.95 Å². The molecule has 3 N–H and O–H groups in total. The number of anilines is 1. The van der Waals surface area contributed by atoms with Crippen molar-refractivity contribution in [3.63, 3.8) is 0 Å². The number of carbonyl (C=O) groups excluding carboxylic acids is 1. The predicted octanol–water partition coefficient (Wildman–Crippen LogP) is -1.35. The van der Waals surface area contributed by atoms with Crippen LogP contribution >= 0.6 is 0 Å². The number of primary amides is 1. The van der Waals surface area contributed by atoms with Crippen molar-refractivity contribution in [1.29, 1.82) is 0 Å². The average Bonchev–Trinajstić information content (AvgIpc) is 2.74. The van der Waals surface area contributed by atoms with Crippen LogP contribution in [0.3, 0.4) is 0 Å². The Morgan fingerprint density at radius 3 is 3.15 bits per heavy atom. The third kappa shape index (κ3) is 1.32. The van der Waals surface area contributed by atoms with Crippen molar-refractivity contribution < 1.29 is 4.79 Å². The lowest BCUT2D eigenvalue weighted by Crippen LogP contribution is -2.40. The van der Waals surface area contributed by atoms with Crippen LogP contribution in [0.2, 0.25) is 0 Å². The highest BCUT2D eigenvalue weighted by atomic mass is 16.1. The molecule has 1 saturated heterocycles. The smallest absolute Gasteiger partial charge is 0.243 e. The second-order valence-electron chi connectivity index (χ2n) is 2.98. The van der Waals surface area contributed by atoms with E-state index in [2.05, 4.69) is 20.6 Å². The summed E-state index contributed by atoms with van der Waals surface area (Å²) in [5, 5.41) is 13.2. The molecule has 0 bridgehead atoms. The van der Waals surface area contributed by atoms with Crippen molar-refractivity contribution in [1.82, 2.24) is 20.6 Å². The number of hydrogen-bond donors (Lipinski definition) is 2. The summed E-state index contributed by atoms with van der Waals surface area (Å²) in [6, 6.07) is -0.269. The first kappa shape index (κ1) is 7.96. The summed E-state index contributed by atoms with van der Waals surface area (Å²) in [5.74, 6) is 0.190. The largest absolute Gasteiger partial charge is 0.368 e. The SMILES string of the molecule is NC(=O)[C@@H]1CCCN1c1nnn[nH]1. The summed E-state index contributed by atoms with van der Waals surface area (Å²) in [4.78, 5) is 12.8. The molecule has 0 spiro atoms. The Hall–Kier alpha value is -1.66. The van der Waals surface area contributed by atoms with Gasteiger partial charge in [-0.15, -0.1) is 0 Å². The van der Waals surface area contributed by atoms with Crippen LogP contribution in [0.5, 0.6) is 0 Å². The molecule has 2 rings (SSSR count). The maximum absolute atomic E-state index is 11.0. The van der Waals surface area contributed by atoms with Gasteiger partial charge < -0.3 is 10.6 Å². The Morgan fingerprint density at radius 1 is 1.69 bits per heavy atom. The van der Waals surface area contributed by atoms with Crippen LogP contribution in [0.1, 0.15) is 12.8 Å². The molecule has 1 aromatic rings. The van der Waals surface area contributed by atoms with E-state index >= 15 is 0 Å². The average molecular weight is 182 g/mol. The van der Waals surface area contributed by atoms with Crippen molar-refractivity contribution >= 4 is 11.9 Å². The fourth-order valence-electron chi connectivity index (χ4n) is 1.59. The molecule has 0 saturated carbocycles. The zero-order chi connectivity index (χ0) is 9.26.